The van der Waals surface area contributed by atoms with Crippen LogP contribution in [0.2, 0.25) is 0 Å². The Hall–Kier alpha value is -0.900. The molecule has 1 atom stereocenters. The lowest BCUT2D eigenvalue weighted by Gasteiger charge is -2.34. The molecule has 118 valence electrons. The van der Waals surface area contributed by atoms with Crippen molar-refractivity contribution in [2.75, 3.05) is 33.4 Å². The van der Waals surface area contributed by atoms with E-state index in [2.05, 4.69) is 56.2 Å². The molecule has 1 aliphatic heterocycles. The zero-order valence-electron chi connectivity index (χ0n) is 14.0. The van der Waals surface area contributed by atoms with Crippen LogP contribution in [0.25, 0.3) is 0 Å². The van der Waals surface area contributed by atoms with Crippen molar-refractivity contribution in [1.82, 2.24) is 10.2 Å². The summed E-state index contributed by atoms with van der Waals surface area (Å²) in [5.41, 5.74) is 4.16. The third-order valence-corrected chi connectivity index (χ3v) is 4.55. The first kappa shape index (κ1) is 16.5. The lowest BCUT2D eigenvalue weighted by molar-refractivity contribution is 0.0401. The Morgan fingerprint density at radius 1 is 1.29 bits per heavy atom. The Bertz CT molecular complexity index is 441. The van der Waals surface area contributed by atoms with E-state index >= 15 is 0 Å². The maximum absolute atomic E-state index is 5.48. The van der Waals surface area contributed by atoms with E-state index in [-0.39, 0.29) is 0 Å². The maximum Gasteiger partial charge on any atom is 0.0480 e. The first-order chi connectivity index (χ1) is 10.1. The zero-order valence-corrected chi connectivity index (χ0v) is 14.0. The molecule has 0 aromatic heterocycles. The maximum atomic E-state index is 5.48. The molecule has 0 radical (unpaired) electrons. The molecule has 0 spiro atoms. The predicted octanol–water partition coefficient (Wildman–Crippen LogP) is 3.06. The molecule has 1 N–H and O–H groups in total. The molecule has 1 heterocycles. The van der Waals surface area contributed by atoms with E-state index in [9.17, 15) is 0 Å². The fourth-order valence-electron chi connectivity index (χ4n) is 3.22. The van der Waals surface area contributed by atoms with E-state index in [0.29, 0.717) is 12.1 Å². The average Bonchev–Trinajstić information content (AvgIpc) is 2.50. The van der Waals surface area contributed by atoms with Gasteiger partial charge in [-0.15, -0.1) is 0 Å². The van der Waals surface area contributed by atoms with Gasteiger partial charge in [0.1, 0.15) is 0 Å². The van der Waals surface area contributed by atoms with Crippen LogP contribution < -0.4 is 5.32 Å². The summed E-state index contributed by atoms with van der Waals surface area (Å²) in [6, 6.07) is 7.83. The number of nitrogens with one attached hydrogen (secondary N) is 1. The van der Waals surface area contributed by atoms with Gasteiger partial charge in [-0.05, 0) is 51.4 Å². The lowest BCUT2D eigenvalue weighted by atomic mass is 9.97. The Morgan fingerprint density at radius 3 is 2.67 bits per heavy atom. The van der Waals surface area contributed by atoms with Crippen molar-refractivity contribution in [1.29, 1.82) is 0 Å². The molecule has 1 aromatic carbocycles. The summed E-state index contributed by atoms with van der Waals surface area (Å²) in [5.74, 6) is 0. The summed E-state index contributed by atoms with van der Waals surface area (Å²) in [6.45, 7) is 10.4. The van der Waals surface area contributed by atoms with Gasteiger partial charge in [0.15, 0.2) is 0 Å². The third kappa shape index (κ3) is 4.53. The SMILES string of the molecule is CCNC(CN(C)C1CCOCC1)c1cc(C)ccc1C. The first-order valence-electron chi connectivity index (χ1n) is 8.20. The van der Waals surface area contributed by atoms with Crippen molar-refractivity contribution in [3.63, 3.8) is 0 Å². The van der Waals surface area contributed by atoms with Crippen molar-refractivity contribution >= 4 is 0 Å². The van der Waals surface area contributed by atoms with Gasteiger partial charge in [0.2, 0.25) is 0 Å². The van der Waals surface area contributed by atoms with Crippen molar-refractivity contribution in [2.45, 2.75) is 45.7 Å². The zero-order chi connectivity index (χ0) is 15.2. The van der Waals surface area contributed by atoms with Crippen LogP contribution in [0.5, 0.6) is 0 Å². The van der Waals surface area contributed by atoms with Gasteiger partial charge in [0.05, 0.1) is 0 Å². The van der Waals surface area contributed by atoms with E-state index in [1.807, 2.05) is 0 Å². The number of ether oxygens (including phenoxy) is 1. The van der Waals surface area contributed by atoms with Crippen molar-refractivity contribution in [2.24, 2.45) is 0 Å². The van der Waals surface area contributed by atoms with Crippen LogP contribution in [0.1, 0.15) is 42.5 Å². The topological polar surface area (TPSA) is 24.5 Å². The number of rotatable bonds is 6. The molecule has 1 aromatic rings. The molecule has 1 fully saturated rings. The van der Waals surface area contributed by atoms with Crippen LogP contribution in [0, 0.1) is 13.8 Å². The molecule has 0 aliphatic carbocycles. The number of hydrogen-bond acceptors (Lipinski definition) is 3. The van der Waals surface area contributed by atoms with Crippen LogP contribution in [0.3, 0.4) is 0 Å². The molecule has 0 bridgehead atoms. The molecule has 1 unspecified atom stereocenters. The largest absolute Gasteiger partial charge is 0.381 e. The standard InChI is InChI=1S/C18H30N2O/c1-5-19-18(17-12-14(2)6-7-15(17)3)13-20(4)16-8-10-21-11-9-16/h6-7,12,16,18-19H,5,8-11,13H2,1-4H3. The fraction of sp³-hybridized carbons (Fsp3) is 0.667. The first-order valence-corrected chi connectivity index (χ1v) is 8.20. The van der Waals surface area contributed by atoms with Crippen LogP contribution in [0.4, 0.5) is 0 Å². The Morgan fingerprint density at radius 2 is 2.00 bits per heavy atom. The molecule has 21 heavy (non-hydrogen) atoms. The quantitative estimate of drug-likeness (QED) is 0.871. The Balaban J connectivity index is 2.09. The van der Waals surface area contributed by atoms with E-state index in [0.717, 1.165) is 39.1 Å². The minimum absolute atomic E-state index is 0.405. The highest BCUT2D eigenvalue weighted by Crippen LogP contribution is 2.22. The van der Waals surface area contributed by atoms with Gasteiger partial charge >= 0.3 is 0 Å². The van der Waals surface area contributed by atoms with Crippen molar-refractivity contribution in [3.05, 3.63) is 34.9 Å². The van der Waals surface area contributed by atoms with Crippen LogP contribution in [-0.2, 0) is 4.74 Å². The monoisotopic (exact) mass is 290 g/mol. The second-order valence-corrected chi connectivity index (χ2v) is 6.25. The van der Waals surface area contributed by atoms with Gasteiger partial charge in [-0.25, -0.2) is 0 Å². The number of likely N-dealkylation sites (N-methyl/N-ethyl adjacent to an activating group) is 2. The summed E-state index contributed by atoms with van der Waals surface area (Å²) in [6.07, 6.45) is 2.31. The minimum Gasteiger partial charge on any atom is -0.381 e. The van der Waals surface area contributed by atoms with Crippen molar-refractivity contribution in [3.8, 4) is 0 Å². The average molecular weight is 290 g/mol. The molecular weight excluding hydrogens is 260 g/mol. The van der Waals surface area contributed by atoms with Gasteiger partial charge in [-0.2, -0.15) is 0 Å². The lowest BCUT2D eigenvalue weighted by Crippen LogP contribution is -2.41. The number of aryl methyl sites for hydroxylation is 2. The van der Waals surface area contributed by atoms with E-state index in [1.54, 1.807) is 0 Å². The Kier molecular flexibility index (Phi) is 6.22. The third-order valence-electron chi connectivity index (χ3n) is 4.55. The second kappa shape index (κ2) is 7.92. The molecule has 1 saturated heterocycles. The molecular formula is C18H30N2O. The number of benzene rings is 1. The molecule has 0 saturated carbocycles. The smallest absolute Gasteiger partial charge is 0.0480 e. The molecule has 2 rings (SSSR count). The minimum atomic E-state index is 0.405. The summed E-state index contributed by atoms with van der Waals surface area (Å²) in [7, 11) is 2.26. The molecule has 3 nitrogen and oxygen atoms in total. The fourth-order valence-corrected chi connectivity index (χ4v) is 3.22. The summed E-state index contributed by atoms with van der Waals surface area (Å²) in [5, 5.41) is 3.66. The van der Waals surface area contributed by atoms with Gasteiger partial charge in [0.25, 0.3) is 0 Å². The predicted molar refractivity (Wildman–Crippen MR) is 88.8 cm³/mol. The van der Waals surface area contributed by atoms with Crippen LogP contribution in [-0.4, -0.2) is 44.3 Å². The normalized spacial score (nSPS) is 18.1. The molecule has 3 heteroatoms. The van der Waals surface area contributed by atoms with Gasteiger partial charge in [-0.3, -0.25) is 0 Å². The van der Waals surface area contributed by atoms with E-state index in [1.165, 1.54) is 16.7 Å². The Labute approximate surface area is 129 Å². The van der Waals surface area contributed by atoms with Crippen molar-refractivity contribution < 1.29 is 4.74 Å². The summed E-state index contributed by atoms with van der Waals surface area (Å²) in [4.78, 5) is 2.51. The van der Waals surface area contributed by atoms with Crippen LogP contribution in [0.15, 0.2) is 18.2 Å². The van der Waals surface area contributed by atoms with Gasteiger partial charge in [-0.1, -0.05) is 30.7 Å². The van der Waals surface area contributed by atoms with Gasteiger partial charge < -0.3 is 15.0 Å². The molecule has 0 amide bonds. The number of hydrogen-bond donors (Lipinski definition) is 1. The number of nitrogens with zero attached hydrogens (tertiary/aromatic N) is 1. The van der Waals surface area contributed by atoms with Crippen LogP contribution >= 0.6 is 0 Å². The summed E-state index contributed by atoms with van der Waals surface area (Å²) < 4.78 is 5.48. The van der Waals surface area contributed by atoms with E-state index < -0.39 is 0 Å². The highest BCUT2D eigenvalue weighted by atomic mass is 16.5. The molecule has 1 aliphatic rings. The highest BCUT2D eigenvalue weighted by molar-refractivity contribution is 5.33. The summed E-state index contributed by atoms with van der Waals surface area (Å²) >= 11 is 0. The second-order valence-electron chi connectivity index (χ2n) is 6.25. The highest BCUT2D eigenvalue weighted by Gasteiger charge is 2.22. The van der Waals surface area contributed by atoms with E-state index in [4.69, 9.17) is 4.74 Å². The van der Waals surface area contributed by atoms with Gasteiger partial charge in [0, 0.05) is 31.8 Å².